The van der Waals surface area contributed by atoms with E-state index in [4.69, 9.17) is 5.84 Å². The fraction of sp³-hybridized carbons (Fsp3) is 0.714. The number of nitrogen functional groups attached to an aromatic ring is 1. The lowest BCUT2D eigenvalue weighted by Crippen LogP contribution is -2.36. The van der Waals surface area contributed by atoms with Gasteiger partial charge in [0.1, 0.15) is 18.0 Å². The SMILES string of the molecule is CCCc1c(NN)ncnc1N1C(C)CCC1CC. The Labute approximate surface area is 115 Å². The first-order chi connectivity index (χ1) is 9.22. The molecule has 1 fully saturated rings. The normalized spacial score (nSPS) is 22.8. The van der Waals surface area contributed by atoms with Crippen molar-refractivity contribution >= 4 is 11.6 Å². The van der Waals surface area contributed by atoms with E-state index in [0.29, 0.717) is 12.1 Å². The van der Waals surface area contributed by atoms with Gasteiger partial charge >= 0.3 is 0 Å². The van der Waals surface area contributed by atoms with Crippen LogP contribution in [0.4, 0.5) is 11.6 Å². The minimum Gasteiger partial charge on any atom is -0.351 e. The first-order valence-electron chi connectivity index (χ1n) is 7.31. The smallest absolute Gasteiger partial charge is 0.148 e. The predicted octanol–water partition coefficient (Wildman–Crippen LogP) is 2.48. The summed E-state index contributed by atoms with van der Waals surface area (Å²) < 4.78 is 0. The van der Waals surface area contributed by atoms with Gasteiger partial charge in [-0.15, -0.1) is 0 Å². The summed E-state index contributed by atoms with van der Waals surface area (Å²) in [6.07, 6.45) is 7.27. The lowest BCUT2D eigenvalue weighted by atomic mass is 10.1. The molecule has 0 aromatic carbocycles. The van der Waals surface area contributed by atoms with Crippen LogP contribution in [0.2, 0.25) is 0 Å². The van der Waals surface area contributed by atoms with Gasteiger partial charge in [-0.1, -0.05) is 20.3 Å². The van der Waals surface area contributed by atoms with Gasteiger partial charge in [-0.2, -0.15) is 0 Å². The third kappa shape index (κ3) is 2.66. The standard InChI is InChI=1S/C14H25N5/c1-4-6-12-13(18-15)16-9-17-14(12)19-10(3)7-8-11(19)5-2/h9-11H,4-8,15H2,1-3H3,(H,16,17,18). The summed E-state index contributed by atoms with van der Waals surface area (Å²) in [6.45, 7) is 6.70. The predicted molar refractivity (Wildman–Crippen MR) is 79.1 cm³/mol. The third-order valence-corrected chi connectivity index (χ3v) is 4.06. The molecule has 2 heterocycles. The highest BCUT2D eigenvalue weighted by molar-refractivity contribution is 5.59. The number of nitrogens with one attached hydrogen (secondary N) is 1. The molecule has 3 N–H and O–H groups in total. The van der Waals surface area contributed by atoms with Crippen LogP contribution in [0.15, 0.2) is 6.33 Å². The maximum absolute atomic E-state index is 5.59. The van der Waals surface area contributed by atoms with E-state index >= 15 is 0 Å². The average Bonchev–Trinajstić information content (AvgIpc) is 2.80. The maximum Gasteiger partial charge on any atom is 0.148 e. The van der Waals surface area contributed by atoms with Crippen molar-refractivity contribution in [1.82, 2.24) is 9.97 Å². The molecule has 19 heavy (non-hydrogen) atoms. The Bertz CT molecular complexity index is 420. The van der Waals surface area contributed by atoms with Gasteiger partial charge < -0.3 is 10.3 Å². The van der Waals surface area contributed by atoms with E-state index in [-0.39, 0.29) is 0 Å². The van der Waals surface area contributed by atoms with E-state index in [2.05, 4.69) is 41.1 Å². The van der Waals surface area contributed by atoms with Gasteiger partial charge in [0.05, 0.1) is 0 Å². The average molecular weight is 263 g/mol. The second kappa shape index (κ2) is 6.19. The van der Waals surface area contributed by atoms with E-state index < -0.39 is 0 Å². The summed E-state index contributed by atoms with van der Waals surface area (Å²) in [5, 5.41) is 0. The summed E-state index contributed by atoms with van der Waals surface area (Å²) in [4.78, 5) is 11.3. The molecule has 1 saturated heterocycles. The molecule has 0 radical (unpaired) electrons. The van der Waals surface area contributed by atoms with Crippen molar-refractivity contribution in [2.24, 2.45) is 5.84 Å². The van der Waals surface area contributed by atoms with E-state index in [1.54, 1.807) is 6.33 Å². The highest BCUT2D eigenvalue weighted by Gasteiger charge is 2.32. The van der Waals surface area contributed by atoms with Gasteiger partial charge in [-0.25, -0.2) is 15.8 Å². The van der Waals surface area contributed by atoms with E-state index in [9.17, 15) is 0 Å². The van der Waals surface area contributed by atoms with Crippen LogP contribution in [0.5, 0.6) is 0 Å². The van der Waals surface area contributed by atoms with E-state index in [0.717, 1.165) is 36.5 Å². The minimum atomic E-state index is 0.543. The molecule has 2 rings (SSSR count). The molecule has 1 aliphatic heterocycles. The highest BCUT2D eigenvalue weighted by Crippen LogP contribution is 2.34. The van der Waals surface area contributed by atoms with Crippen molar-refractivity contribution in [3.63, 3.8) is 0 Å². The Morgan fingerprint density at radius 3 is 2.79 bits per heavy atom. The van der Waals surface area contributed by atoms with E-state index in [1.165, 1.54) is 12.8 Å². The second-order valence-corrected chi connectivity index (χ2v) is 5.31. The third-order valence-electron chi connectivity index (χ3n) is 4.06. The van der Waals surface area contributed by atoms with Crippen molar-refractivity contribution in [2.75, 3.05) is 10.3 Å². The van der Waals surface area contributed by atoms with Crippen molar-refractivity contribution < 1.29 is 0 Å². The topological polar surface area (TPSA) is 67.1 Å². The maximum atomic E-state index is 5.59. The van der Waals surface area contributed by atoms with Gasteiger partial charge in [0.2, 0.25) is 0 Å². The zero-order valence-electron chi connectivity index (χ0n) is 12.2. The molecule has 2 unspecified atom stereocenters. The molecule has 1 aliphatic rings. The number of hydrogen-bond acceptors (Lipinski definition) is 5. The van der Waals surface area contributed by atoms with Crippen molar-refractivity contribution in [1.29, 1.82) is 0 Å². The van der Waals surface area contributed by atoms with Crippen LogP contribution in [0.3, 0.4) is 0 Å². The Balaban J connectivity index is 2.42. The summed E-state index contributed by atoms with van der Waals surface area (Å²) in [5.41, 5.74) is 3.87. The molecule has 5 nitrogen and oxygen atoms in total. The highest BCUT2D eigenvalue weighted by atomic mass is 15.3. The first-order valence-corrected chi connectivity index (χ1v) is 7.31. The van der Waals surface area contributed by atoms with Gasteiger partial charge in [0, 0.05) is 17.6 Å². The molecule has 2 atom stereocenters. The summed E-state index contributed by atoms with van der Waals surface area (Å²) >= 11 is 0. The Morgan fingerprint density at radius 2 is 2.16 bits per heavy atom. The molecular formula is C14H25N5. The van der Waals surface area contributed by atoms with Gasteiger partial charge in [0.15, 0.2) is 0 Å². The molecule has 1 aromatic heterocycles. The zero-order valence-corrected chi connectivity index (χ0v) is 12.2. The lowest BCUT2D eigenvalue weighted by Gasteiger charge is -2.31. The molecule has 0 spiro atoms. The zero-order chi connectivity index (χ0) is 13.8. The monoisotopic (exact) mass is 263 g/mol. The summed E-state index contributed by atoms with van der Waals surface area (Å²) in [5.74, 6) is 7.43. The van der Waals surface area contributed by atoms with Crippen molar-refractivity contribution in [3.8, 4) is 0 Å². The Hall–Kier alpha value is -1.36. The molecule has 0 bridgehead atoms. The molecule has 0 saturated carbocycles. The molecule has 1 aromatic rings. The molecule has 106 valence electrons. The van der Waals surface area contributed by atoms with Crippen molar-refractivity contribution in [3.05, 3.63) is 11.9 Å². The van der Waals surface area contributed by atoms with Gasteiger partial charge in [-0.3, -0.25) is 0 Å². The molecule has 0 aliphatic carbocycles. The second-order valence-electron chi connectivity index (χ2n) is 5.31. The quantitative estimate of drug-likeness (QED) is 0.631. The van der Waals surface area contributed by atoms with Gasteiger partial charge in [-0.05, 0) is 32.6 Å². The van der Waals surface area contributed by atoms with Crippen LogP contribution >= 0.6 is 0 Å². The molecule has 0 amide bonds. The van der Waals surface area contributed by atoms with Gasteiger partial charge in [0.25, 0.3) is 0 Å². The fourth-order valence-electron chi connectivity index (χ4n) is 3.08. The van der Waals surface area contributed by atoms with Crippen molar-refractivity contribution in [2.45, 2.75) is 65.0 Å². The van der Waals surface area contributed by atoms with Crippen LogP contribution in [-0.2, 0) is 6.42 Å². The fourth-order valence-corrected chi connectivity index (χ4v) is 3.08. The number of nitrogens with zero attached hydrogens (tertiary/aromatic N) is 3. The number of hydrazine groups is 1. The first kappa shape index (κ1) is 14.1. The van der Waals surface area contributed by atoms with Crippen LogP contribution in [0.25, 0.3) is 0 Å². The summed E-state index contributed by atoms with van der Waals surface area (Å²) in [7, 11) is 0. The Kier molecular flexibility index (Phi) is 4.58. The number of nitrogens with two attached hydrogens (primary N) is 1. The van der Waals surface area contributed by atoms with Crippen LogP contribution in [0.1, 0.15) is 52.0 Å². The molecule has 5 heteroatoms. The number of anilines is 2. The number of hydrogen-bond donors (Lipinski definition) is 2. The number of rotatable bonds is 5. The van der Waals surface area contributed by atoms with Crippen LogP contribution < -0.4 is 16.2 Å². The summed E-state index contributed by atoms with van der Waals surface area (Å²) in [6, 6.07) is 1.13. The van der Waals surface area contributed by atoms with Crippen LogP contribution in [0, 0.1) is 0 Å². The molecular weight excluding hydrogens is 238 g/mol. The Morgan fingerprint density at radius 1 is 1.37 bits per heavy atom. The number of aromatic nitrogens is 2. The van der Waals surface area contributed by atoms with E-state index in [1.807, 2.05) is 0 Å². The largest absolute Gasteiger partial charge is 0.351 e. The van der Waals surface area contributed by atoms with Crippen LogP contribution in [-0.4, -0.2) is 22.1 Å². The lowest BCUT2D eigenvalue weighted by molar-refractivity contribution is 0.616. The minimum absolute atomic E-state index is 0.543.